The molecule has 0 aromatic heterocycles. The molecule has 3 heteroatoms. The van der Waals surface area contributed by atoms with Crippen molar-refractivity contribution in [2.75, 3.05) is 6.61 Å². The fourth-order valence-electron chi connectivity index (χ4n) is 3.13. The average molecular weight is 341 g/mol. The summed E-state index contributed by atoms with van der Waals surface area (Å²) >= 11 is 0. The van der Waals surface area contributed by atoms with Crippen LogP contribution in [0.2, 0.25) is 18.1 Å². The van der Waals surface area contributed by atoms with Gasteiger partial charge in [-0.05, 0) is 42.8 Å². The molecule has 1 N–H and O–H groups in total. The molecule has 1 rings (SSSR count). The van der Waals surface area contributed by atoms with Crippen molar-refractivity contribution in [3.63, 3.8) is 0 Å². The van der Waals surface area contributed by atoms with Crippen molar-refractivity contribution in [1.29, 1.82) is 0 Å². The van der Waals surface area contributed by atoms with Crippen LogP contribution in [-0.4, -0.2) is 26.1 Å². The van der Waals surface area contributed by atoms with Gasteiger partial charge in [-0.15, -0.1) is 0 Å². The number of rotatable bonds is 7. The van der Waals surface area contributed by atoms with E-state index in [-0.39, 0.29) is 23.7 Å². The Kier molecular flexibility index (Phi) is 8.02. The van der Waals surface area contributed by atoms with Crippen LogP contribution in [0.15, 0.2) is 12.2 Å². The zero-order chi connectivity index (χ0) is 17.7. The summed E-state index contributed by atoms with van der Waals surface area (Å²) < 4.78 is 6.68. The maximum absolute atomic E-state index is 9.68. The first-order valence-corrected chi connectivity index (χ1v) is 12.5. The predicted molar refractivity (Wildman–Crippen MR) is 103 cm³/mol. The van der Waals surface area contributed by atoms with Gasteiger partial charge in [0.2, 0.25) is 0 Å². The molecule has 0 saturated heterocycles. The molecule has 1 aliphatic rings. The smallest absolute Gasteiger partial charge is 0.192 e. The number of aliphatic hydroxyl groups excluding tert-OH is 1. The van der Waals surface area contributed by atoms with Gasteiger partial charge in [0.15, 0.2) is 8.32 Å². The van der Waals surface area contributed by atoms with E-state index in [1.54, 1.807) is 0 Å². The number of aliphatic hydroxyl groups is 1. The highest BCUT2D eigenvalue weighted by Crippen LogP contribution is 2.39. The summed E-state index contributed by atoms with van der Waals surface area (Å²) in [5.41, 5.74) is 0. The summed E-state index contributed by atoms with van der Waals surface area (Å²) in [4.78, 5) is 0. The fourth-order valence-corrected chi connectivity index (χ4v) is 4.61. The molecule has 1 aliphatic carbocycles. The highest BCUT2D eigenvalue weighted by Gasteiger charge is 2.41. The van der Waals surface area contributed by atoms with Crippen LogP contribution in [0.1, 0.15) is 66.7 Å². The summed E-state index contributed by atoms with van der Waals surface area (Å²) in [6, 6.07) is 0. The van der Waals surface area contributed by atoms with Gasteiger partial charge in [0, 0.05) is 12.5 Å². The van der Waals surface area contributed by atoms with Gasteiger partial charge in [0.1, 0.15) is 0 Å². The maximum atomic E-state index is 9.68. The van der Waals surface area contributed by atoms with Gasteiger partial charge in [-0.1, -0.05) is 66.0 Å². The van der Waals surface area contributed by atoms with Crippen molar-refractivity contribution < 1.29 is 9.53 Å². The van der Waals surface area contributed by atoms with E-state index in [2.05, 4.69) is 59.9 Å². The molecule has 0 unspecified atom stereocenters. The van der Waals surface area contributed by atoms with Crippen LogP contribution >= 0.6 is 0 Å². The Morgan fingerprint density at radius 2 is 1.70 bits per heavy atom. The van der Waals surface area contributed by atoms with Crippen molar-refractivity contribution >= 4 is 8.32 Å². The molecule has 1 fully saturated rings. The molecule has 0 aliphatic heterocycles. The minimum Gasteiger partial charge on any atom is -0.413 e. The molecule has 0 aromatic rings. The summed E-state index contributed by atoms with van der Waals surface area (Å²) in [5, 5.41) is 9.88. The quantitative estimate of drug-likeness (QED) is 0.470. The Bertz CT molecular complexity index is 364. The lowest BCUT2D eigenvalue weighted by atomic mass is 9.87. The molecule has 0 spiro atoms. The van der Waals surface area contributed by atoms with Crippen molar-refractivity contribution in [1.82, 2.24) is 0 Å². The van der Waals surface area contributed by atoms with Gasteiger partial charge < -0.3 is 9.53 Å². The van der Waals surface area contributed by atoms with Crippen LogP contribution in [0.4, 0.5) is 0 Å². The van der Waals surface area contributed by atoms with Gasteiger partial charge in [-0.3, -0.25) is 0 Å². The van der Waals surface area contributed by atoms with Crippen LogP contribution in [-0.2, 0) is 4.43 Å². The molecule has 0 radical (unpaired) electrons. The first-order valence-electron chi connectivity index (χ1n) is 9.55. The highest BCUT2D eigenvalue weighted by atomic mass is 28.4. The largest absolute Gasteiger partial charge is 0.413 e. The monoisotopic (exact) mass is 340 g/mol. The third-order valence-corrected chi connectivity index (χ3v) is 10.4. The standard InChI is InChI=1S/C20H40O2Si/c1-16(13-14-18-11-9-8-10-12-18)19(17(2)15-21)22-23(6,7)20(3,4)5/h13-14,16-19,21H,8-12,15H2,1-7H3/b14-13+/t16-,17-,19+/m0/s1. The Labute approximate surface area is 145 Å². The van der Waals surface area contributed by atoms with E-state index in [4.69, 9.17) is 4.43 Å². The van der Waals surface area contributed by atoms with Crippen molar-refractivity contribution in [2.45, 2.75) is 91.0 Å². The Morgan fingerprint density at radius 1 is 1.13 bits per heavy atom. The van der Waals surface area contributed by atoms with Crippen LogP contribution in [0, 0.1) is 17.8 Å². The van der Waals surface area contributed by atoms with Crippen molar-refractivity contribution in [3.8, 4) is 0 Å². The molecule has 0 aromatic carbocycles. The van der Waals surface area contributed by atoms with Gasteiger partial charge in [0.05, 0.1) is 6.10 Å². The first-order chi connectivity index (χ1) is 10.6. The predicted octanol–water partition coefficient (Wildman–Crippen LogP) is 5.78. The van der Waals surface area contributed by atoms with E-state index in [0.29, 0.717) is 5.92 Å². The SMILES string of the molecule is C[C@@H](/C=C/C1CCCCC1)[C@@H](O[Si](C)(C)C(C)(C)C)[C@@H](C)CO. The molecule has 1 saturated carbocycles. The second kappa shape index (κ2) is 8.82. The first kappa shape index (κ1) is 20.9. The molecule has 0 bridgehead atoms. The van der Waals surface area contributed by atoms with Crippen LogP contribution in [0.25, 0.3) is 0 Å². The average Bonchev–Trinajstić information content (AvgIpc) is 2.49. The maximum Gasteiger partial charge on any atom is 0.192 e. The number of allylic oxidation sites excluding steroid dienone is 1. The topological polar surface area (TPSA) is 29.5 Å². The molecule has 2 nitrogen and oxygen atoms in total. The van der Waals surface area contributed by atoms with Gasteiger partial charge >= 0.3 is 0 Å². The zero-order valence-electron chi connectivity index (χ0n) is 16.6. The van der Waals surface area contributed by atoms with E-state index < -0.39 is 8.32 Å². The van der Waals surface area contributed by atoms with Crippen molar-refractivity contribution in [2.24, 2.45) is 17.8 Å². The minimum absolute atomic E-state index is 0.112. The van der Waals surface area contributed by atoms with Crippen LogP contribution in [0.3, 0.4) is 0 Å². The molecule has 3 atom stereocenters. The molecular formula is C20H40O2Si. The van der Waals surface area contributed by atoms with E-state index in [9.17, 15) is 5.11 Å². The third kappa shape index (κ3) is 6.36. The van der Waals surface area contributed by atoms with E-state index >= 15 is 0 Å². The highest BCUT2D eigenvalue weighted by molar-refractivity contribution is 6.74. The van der Waals surface area contributed by atoms with E-state index in [1.165, 1.54) is 32.1 Å². The lowest BCUT2D eigenvalue weighted by Gasteiger charge is -2.42. The summed E-state index contributed by atoms with van der Waals surface area (Å²) in [5.74, 6) is 1.28. The normalized spacial score (nSPS) is 22.3. The molecule has 23 heavy (non-hydrogen) atoms. The van der Waals surface area contributed by atoms with Gasteiger partial charge in [-0.25, -0.2) is 0 Å². The van der Waals surface area contributed by atoms with Crippen LogP contribution < -0.4 is 0 Å². The Morgan fingerprint density at radius 3 is 2.17 bits per heavy atom. The second-order valence-electron chi connectivity index (χ2n) is 9.14. The van der Waals surface area contributed by atoms with E-state index in [1.807, 2.05) is 0 Å². The summed E-state index contributed by atoms with van der Waals surface area (Å²) in [6.45, 7) is 16.0. The van der Waals surface area contributed by atoms with Gasteiger partial charge in [-0.2, -0.15) is 0 Å². The van der Waals surface area contributed by atoms with Gasteiger partial charge in [0.25, 0.3) is 0 Å². The lowest BCUT2D eigenvalue weighted by molar-refractivity contribution is 0.0597. The molecule has 136 valence electrons. The summed E-state index contributed by atoms with van der Waals surface area (Å²) in [7, 11) is -1.82. The van der Waals surface area contributed by atoms with Crippen molar-refractivity contribution in [3.05, 3.63) is 12.2 Å². The second-order valence-corrected chi connectivity index (χ2v) is 13.9. The molecule has 0 heterocycles. The number of hydrogen-bond acceptors (Lipinski definition) is 2. The number of hydrogen-bond donors (Lipinski definition) is 1. The zero-order valence-corrected chi connectivity index (χ0v) is 17.6. The summed E-state index contributed by atoms with van der Waals surface area (Å²) in [6.07, 6.45) is 11.7. The molecule has 0 amide bonds. The Hall–Kier alpha value is -0.123. The fraction of sp³-hybridized carbons (Fsp3) is 0.900. The minimum atomic E-state index is -1.82. The van der Waals surface area contributed by atoms with E-state index in [0.717, 1.165) is 5.92 Å². The third-order valence-electron chi connectivity index (χ3n) is 5.94. The lowest BCUT2D eigenvalue weighted by Crippen LogP contribution is -2.47. The molecular weight excluding hydrogens is 300 g/mol. The Balaban J connectivity index is 2.78. The van der Waals surface area contributed by atoms with Crippen LogP contribution in [0.5, 0.6) is 0 Å².